The van der Waals surface area contributed by atoms with Gasteiger partial charge in [0.15, 0.2) is 9.84 Å². The van der Waals surface area contributed by atoms with Crippen LogP contribution in [0.2, 0.25) is 0 Å². The molecule has 0 aliphatic heterocycles. The van der Waals surface area contributed by atoms with Crippen molar-refractivity contribution in [3.63, 3.8) is 0 Å². The molecule has 2 aromatic rings. The first-order chi connectivity index (χ1) is 13.8. The Hall–Kier alpha value is -2.41. The van der Waals surface area contributed by atoms with Gasteiger partial charge in [-0.15, -0.1) is 0 Å². The van der Waals surface area contributed by atoms with E-state index in [1.807, 2.05) is 11.9 Å². The summed E-state index contributed by atoms with van der Waals surface area (Å²) in [7, 11) is -1.65. The molecule has 0 aromatic heterocycles. The summed E-state index contributed by atoms with van der Waals surface area (Å²) in [6, 6.07) is 11.0. The maximum absolute atomic E-state index is 14.7. The number of benzene rings is 2. The van der Waals surface area contributed by atoms with E-state index in [4.69, 9.17) is 0 Å². The molecule has 1 saturated carbocycles. The van der Waals surface area contributed by atoms with Gasteiger partial charge in [-0.3, -0.25) is 4.79 Å². The third-order valence-electron chi connectivity index (χ3n) is 5.55. The Morgan fingerprint density at radius 2 is 1.83 bits per heavy atom. The molecule has 0 radical (unpaired) electrons. The van der Waals surface area contributed by atoms with Gasteiger partial charge in [0.1, 0.15) is 5.82 Å². The Morgan fingerprint density at radius 3 is 2.48 bits per heavy atom. The molecule has 1 aliphatic rings. The minimum Gasteiger partial charge on any atom is -0.369 e. The zero-order chi connectivity index (χ0) is 21.0. The zero-order valence-electron chi connectivity index (χ0n) is 16.8. The molecule has 0 unspecified atom stereocenters. The van der Waals surface area contributed by atoms with Crippen molar-refractivity contribution in [1.29, 1.82) is 0 Å². The lowest BCUT2D eigenvalue weighted by atomic mass is 9.94. The average Bonchev–Trinajstić information content (AvgIpc) is 2.74. The minimum atomic E-state index is -3.55. The van der Waals surface area contributed by atoms with Crippen molar-refractivity contribution in [2.24, 2.45) is 0 Å². The average molecular weight is 419 g/mol. The second kappa shape index (κ2) is 8.95. The molecule has 0 bridgehead atoms. The number of hydrogen-bond acceptors (Lipinski definition) is 4. The molecule has 1 amide bonds. The first-order valence-corrected chi connectivity index (χ1v) is 11.6. The van der Waals surface area contributed by atoms with Crippen LogP contribution in [0.1, 0.15) is 49.4 Å². The largest absolute Gasteiger partial charge is 0.369 e. The van der Waals surface area contributed by atoms with Crippen molar-refractivity contribution < 1.29 is 17.6 Å². The van der Waals surface area contributed by atoms with Gasteiger partial charge in [-0.2, -0.15) is 0 Å². The molecule has 0 heterocycles. The lowest BCUT2D eigenvalue weighted by Crippen LogP contribution is -2.33. The van der Waals surface area contributed by atoms with Crippen molar-refractivity contribution >= 4 is 27.1 Å². The smallest absolute Gasteiger partial charge is 0.256 e. The molecule has 0 spiro atoms. The van der Waals surface area contributed by atoms with Crippen LogP contribution in [0.15, 0.2) is 47.4 Å². The lowest BCUT2D eigenvalue weighted by molar-refractivity contribution is 0.102. The quantitative estimate of drug-likeness (QED) is 0.742. The first kappa shape index (κ1) is 21.3. The Bertz CT molecular complexity index is 985. The van der Waals surface area contributed by atoms with Crippen LogP contribution in [0.25, 0.3) is 0 Å². The summed E-state index contributed by atoms with van der Waals surface area (Å²) < 4.78 is 39.3. The Balaban J connectivity index is 1.80. The second-order valence-corrected chi connectivity index (χ2v) is 9.67. The monoisotopic (exact) mass is 418 g/mol. The highest BCUT2D eigenvalue weighted by Crippen LogP contribution is 2.29. The number of nitrogens with one attached hydrogen (secondary N) is 1. The van der Waals surface area contributed by atoms with Gasteiger partial charge in [0.05, 0.1) is 21.9 Å². The predicted molar refractivity (Wildman–Crippen MR) is 114 cm³/mol. The summed E-state index contributed by atoms with van der Waals surface area (Å²) in [6.07, 6.45) is 5.65. The highest BCUT2D eigenvalue weighted by Gasteiger charge is 2.22. The number of anilines is 2. The highest BCUT2D eigenvalue weighted by atomic mass is 32.2. The van der Waals surface area contributed by atoms with Gasteiger partial charge in [-0.1, -0.05) is 38.3 Å². The van der Waals surface area contributed by atoms with Gasteiger partial charge in [-0.25, -0.2) is 12.8 Å². The van der Waals surface area contributed by atoms with Crippen molar-refractivity contribution in [1.82, 2.24) is 0 Å². The summed E-state index contributed by atoms with van der Waals surface area (Å²) in [6.45, 7) is 1.53. The second-order valence-electron chi connectivity index (χ2n) is 7.42. The molecule has 2 aromatic carbocycles. The van der Waals surface area contributed by atoms with Gasteiger partial charge in [0.25, 0.3) is 5.91 Å². The van der Waals surface area contributed by atoms with E-state index in [1.165, 1.54) is 31.5 Å². The lowest BCUT2D eigenvalue weighted by Gasteiger charge is -2.33. The van der Waals surface area contributed by atoms with Gasteiger partial charge >= 0.3 is 0 Å². The van der Waals surface area contributed by atoms with Crippen LogP contribution in [0.3, 0.4) is 0 Å². The molecule has 3 rings (SSSR count). The fourth-order valence-corrected chi connectivity index (χ4v) is 4.91. The van der Waals surface area contributed by atoms with E-state index in [2.05, 4.69) is 5.32 Å². The van der Waals surface area contributed by atoms with Crippen LogP contribution in [-0.2, 0) is 9.84 Å². The number of rotatable bonds is 6. The van der Waals surface area contributed by atoms with Crippen molar-refractivity contribution in [3.05, 3.63) is 53.8 Å². The topological polar surface area (TPSA) is 66.5 Å². The van der Waals surface area contributed by atoms with Crippen molar-refractivity contribution in [2.75, 3.05) is 23.0 Å². The van der Waals surface area contributed by atoms with Crippen LogP contribution in [-0.4, -0.2) is 33.2 Å². The predicted octanol–water partition coefficient (Wildman–Crippen LogP) is 4.64. The number of nitrogens with zero attached hydrogens (tertiary/aromatic N) is 1. The van der Waals surface area contributed by atoms with E-state index in [-0.39, 0.29) is 21.9 Å². The number of hydrogen-bond donors (Lipinski definition) is 1. The van der Waals surface area contributed by atoms with Crippen molar-refractivity contribution in [2.45, 2.75) is 50.0 Å². The van der Waals surface area contributed by atoms with E-state index in [0.717, 1.165) is 25.7 Å². The van der Waals surface area contributed by atoms with Crippen LogP contribution in [0, 0.1) is 5.82 Å². The molecule has 29 heavy (non-hydrogen) atoms. The standard InChI is InChI=1S/C22H27FN2O3S/c1-3-29(27,28)21-12-8-7-11-18(21)22(26)24-16-13-14-20(19(23)15-16)25(2)17-9-5-4-6-10-17/h7-8,11-15,17H,3-6,9-10H2,1-2H3,(H,24,26). The van der Waals surface area contributed by atoms with Crippen LogP contribution >= 0.6 is 0 Å². The van der Waals surface area contributed by atoms with E-state index in [9.17, 15) is 17.6 Å². The van der Waals surface area contributed by atoms with E-state index < -0.39 is 21.6 Å². The fraction of sp³-hybridized carbons (Fsp3) is 0.409. The third kappa shape index (κ3) is 4.78. The number of carbonyl (C=O) groups excluding carboxylic acids is 1. The molecule has 0 saturated heterocycles. The minimum absolute atomic E-state index is 0.0193. The number of amides is 1. The summed E-state index contributed by atoms with van der Waals surface area (Å²) in [4.78, 5) is 14.6. The molecule has 1 N–H and O–H groups in total. The molecule has 7 heteroatoms. The van der Waals surface area contributed by atoms with E-state index in [0.29, 0.717) is 11.7 Å². The summed E-state index contributed by atoms with van der Waals surface area (Å²) in [5.41, 5.74) is 0.846. The van der Waals surface area contributed by atoms with Gasteiger partial charge in [-0.05, 0) is 43.2 Å². The SMILES string of the molecule is CCS(=O)(=O)c1ccccc1C(=O)Nc1ccc(N(C)C2CCCCC2)c(F)c1. The highest BCUT2D eigenvalue weighted by molar-refractivity contribution is 7.91. The van der Waals surface area contributed by atoms with Gasteiger partial charge < -0.3 is 10.2 Å². The van der Waals surface area contributed by atoms with Gasteiger partial charge in [0.2, 0.25) is 0 Å². The Morgan fingerprint density at radius 1 is 1.14 bits per heavy atom. The molecule has 156 valence electrons. The molecular formula is C22H27FN2O3S. The van der Waals surface area contributed by atoms with Crippen LogP contribution in [0.5, 0.6) is 0 Å². The summed E-state index contributed by atoms with van der Waals surface area (Å²) in [5, 5.41) is 2.62. The molecule has 1 fully saturated rings. The summed E-state index contributed by atoms with van der Waals surface area (Å²) >= 11 is 0. The van der Waals surface area contributed by atoms with E-state index >= 15 is 0 Å². The van der Waals surface area contributed by atoms with Gasteiger partial charge in [0, 0.05) is 18.8 Å². The number of sulfone groups is 1. The molecule has 5 nitrogen and oxygen atoms in total. The molecule has 0 atom stereocenters. The Kier molecular flexibility index (Phi) is 6.57. The van der Waals surface area contributed by atoms with Crippen molar-refractivity contribution in [3.8, 4) is 0 Å². The fourth-order valence-electron chi connectivity index (χ4n) is 3.82. The van der Waals surface area contributed by atoms with Crippen LogP contribution in [0.4, 0.5) is 15.8 Å². The van der Waals surface area contributed by atoms with Crippen LogP contribution < -0.4 is 10.2 Å². The van der Waals surface area contributed by atoms with E-state index in [1.54, 1.807) is 24.3 Å². The summed E-state index contributed by atoms with van der Waals surface area (Å²) in [5.74, 6) is -1.09. The Labute approximate surface area is 171 Å². The zero-order valence-corrected chi connectivity index (χ0v) is 17.6. The first-order valence-electron chi connectivity index (χ1n) is 9.99. The maximum atomic E-state index is 14.7. The molecule has 1 aliphatic carbocycles. The number of halogens is 1. The number of carbonyl (C=O) groups is 1. The molecular weight excluding hydrogens is 391 g/mol. The third-order valence-corrected chi connectivity index (χ3v) is 7.34. The maximum Gasteiger partial charge on any atom is 0.256 e. The normalized spacial score (nSPS) is 15.1.